The smallest absolute Gasteiger partial charge is 0.255 e. The molecule has 30 heavy (non-hydrogen) atoms. The second-order valence-electron chi connectivity index (χ2n) is 7.38. The normalized spacial score (nSPS) is 10.5. The third-order valence-electron chi connectivity index (χ3n) is 4.86. The van der Waals surface area contributed by atoms with E-state index in [9.17, 15) is 9.59 Å². The first-order valence-corrected chi connectivity index (χ1v) is 10.4. The molecule has 0 aliphatic heterocycles. The Morgan fingerprint density at radius 1 is 1.07 bits per heavy atom. The molecule has 0 unspecified atom stereocenters. The molecule has 0 aliphatic carbocycles. The number of rotatable bonds is 6. The summed E-state index contributed by atoms with van der Waals surface area (Å²) >= 11 is 1.63. The van der Waals surface area contributed by atoms with Gasteiger partial charge in [-0.1, -0.05) is 18.2 Å². The number of likely N-dealkylation sites (N-methyl/N-ethyl adjacent to an activating group) is 2. The zero-order valence-corrected chi connectivity index (χ0v) is 18.4. The zero-order chi connectivity index (χ0) is 21.8. The third-order valence-corrected chi connectivity index (χ3v) is 5.78. The minimum Gasteiger partial charge on any atom is -0.397 e. The lowest BCUT2D eigenvalue weighted by atomic mass is 10.1. The van der Waals surface area contributed by atoms with E-state index in [1.165, 1.54) is 0 Å². The van der Waals surface area contributed by atoms with E-state index in [-0.39, 0.29) is 18.4 Å². The van der Waals surface area contributed by atoms with Gasteiger partial charge in [-0.2, -0.15) is 0 Å². The average Bonchev–Trinajstić information content (AvgIpc) is 3.24. The lowest BCUT2D eigenvalue weighted by Crippen LogP contribution is -2.34. The average molecular weight is 423 g/mol. The molecule has 1 aromatic heterocycles. The van der Waals surface area contributed by atoms with Crippen molar-refractivity contribution in [1.29, 1.82) is 0 Å². The monoisotopic (exact) mass is 422 g/mol. The number of benzene rings is 2. The molecule has 7 heteroatoms. The van der Waals surface area contributed by atoms with Crippen molar-refractivity contribution in [3.8, 4) is 10.4 Å². The Labute approximate surface area is 180 Å². The third kappa shape index (κ3) is 4.80. The second kappa shape index (κ2) is 9.00. The van der Waals surface area contributed by atoms with E-state index in [1.807, 2.05) is 54.6 Å². The maximum absolute atomic E-state index is 12.9. The van der Waals surface area contributed by atoms with Crippen molar-refractivity contribution in [2.75, 3.05) is 43.6 Å². The summed E-state index contributed by atoms with van der Waals surface area (Å²) in [7, 11) is 5.29. The summed E-state index contributed by atoms with van der Waals surface area (Å²) in [6.45, 7) is 2.19. The molecule has 0 atom stereocenters. The molecule has 0 saturated heterocycles. The van der Waals surface area contributed by atoms with Crippen LogP contribution in [0.2, 0.25) is 0 Å². The van der Waals surface area contributed by atoms with Crippen LogP contribution in [0.15, 0.2) is 53.9 Å². The Morgan fingerprint density at radius 3 is 2.50 bits per heavy atom. The number of aryl methyl sites for hydroxylation is 1. The van der Waals surface area contributed by atoms with Crippen molar-refractivity contribution in [3.05, 3.63) is 65.0 Å². The molecule has 3 aromatic rings. The Hall–Kier alpha value is -3.32. The molecule has 2 amide bonds. The Kier molecular flexibility index (Phi) is 6.42. The van der Waals surface area contributed by atoms with Crippen LogP contribution in [0.1, 0.15) is 15.9 Å². The predicted octanol–water partition coefficient (Wildman–Crippen LogP) is 4.08. The SMILES string of the molecule is Cc1ccc(C(=O)Nc2cc(-c3cccs3)ccc2N)cc1N(C)CC(=O)N(C)C. The highest BCUT2D eigenvalue weighted by Gasteiger charge is 2.15. The number of carbonyl (C=O) groups excluding carboxylic acids is 2. The first-order valence-electron chi connectivity index (χ1n) is 9.53. The van der Waals surface area contributed by atoms with Gasteiger partial charge >= 0.3 is 0 Å². The summed E-state index contributed by atoms with van der Waals surface area (Å²) in [5.74, 6) is -0.261. The summed E-state index contributed by atoms with van der Waals surface area (Å²) in [5, 5.41) is 4.93. The van der Waals surface area contributed by atoms with Gasteiger partial charge < -0.3 is 20.9 Å². The maximum Gasteiger partial charge on any atom is 0.255 e. The van der Waals surface area contributed by atoms with E-state index >= 15 is 0 Å². The van der Waals surface area contributed by atoms with Crippen LogP contribution >= 0.6 is 11.3 Å². The topological polar surface area (TPSA) is 78.7 Å². The molecule has 3 rings (SSSR count). The number of nitrogens with two attached hydrogens (primary N) is 1. The van der Waals surface area contributed by atoms with Crippen molar-refractivity contribution in [1.82, 2.24) is 4.90 Å². The fourth-order valence-electron chi connectivity index (χ4n) is 3.05. The number of hydrogen-bond donors (Lipinski definition) is 2. The van der Waals surface area contributed by atoms with E-state index in [2.05, 4.69) is 5.32 Å². The number of carbonyl (C=O) groups is 2. The van der Waals surface area contributed by atoms with Gasteiger partial charge in [0.25, 0.3) is 5.91 Å². The van der Waals surface area contributed by atoms with Gasteiger partial charge in [0.15, 0.2) is 0 Å². The highest BCUT2D eigenvalue weighted by molar-refractivity contribution is 7.13. The molecule has 156 valence electrons. The van der Waals surface area contributed by atoms with Gasteiger partial charge in [-0.05, 0) is 53.8 Å². The second-order valence-corrected chi connectivity index (χ2v) is 8.33. The minimum absolute atomic E-state index is 0.00933. The van der Waals surface area contributed by atoms with E-state index in [1.54, 1.807) is 48.5 Å². The molecule has 6 nitrogen and oxygen atoms in total. The standard InChI is InChI=1S/C23H26N4O2S/c1-15-7-8-17(13-20(15)27(4)14-22(28)26(2)3)23(29)25-19-12-16(9-10-18(19)24)21-6-5-11-30-21/h5-13H,14,24H2,1-4H3,(H,25,29). The van der Waals surface area contributed by atoms with E-state index in [0.29, 0.717) is 16.9 Å². The van der Waals surface area contributed by atoms with Crippen molar-refractivity contribution < 1.29 is 9.59 Å². The summed E-state index contributed by atoms with van der Waals surface area (Å²) in [5.41, 5.74) is 10.5. The molecule has 0 aliphatic rings. The number of hydrogen-bond acceptors (Lipinski definition) is 5. The van der Waals surface area contributed by atoms with Crippen molar-refractivity contribution in [2.45, 2.75) is 6.92 Å². The molecule has 1 heterocycles. The predicted molar refractivity (Wildman–Crippen MR) is 125 cm³/mol. The molecular weight excluding hydrogens is 396 g/mol. The summed E-state index contributed by atoms with van der Waals surface area (Å²) in [6.07, 6.45) is 0. The molecule has 3 N–H and O–H groups in total. The van der Waals surface area contributed by atoms with Gasteiger partial charge in [0.1, 0.15) is 0 Å². The fourth-order valence-corrected chi connectivity index (χ4v) is 3.77. The van der Waals surface area contributed by atoms with Crippen molar-refractivity contribution in [3.63, 3.8) is 0 Å². The molecule has 0 bridgehead atoms. The molecule has 2 aromatic carbocycles. The number of nitrogen functional groups attached to an aromatic ring is 1. The van der Waals surface area contributed by atoms with E-state index in [4.69, 9.17) is 5.73 Å². The number of anilines is 3. The van der Waals surface area contributed by atoms with Crippen LogP contribution in [-0.4, -0.2) is 44.4 Å². The van der Waals surface area contributed by atoms with Crippen LogP contribution in [0.5, 0.6) is 0 Å². The van der Waals surface area contributed by atoms with Gasteiger partial charge in [-0.25, -0.2) is 0 Å². The maximum atomic E-state index is 12.9. The van der Waals surface area contributed by atoms with Crippen LogP contribution in [0.4, 0.5) is 17.1 Å². The molecule has 0 radical (unpaired) electrons. The van der Waals surface area contributed by atoms with Crippen LogP contribution in [-0.2, 0) is 4.79 Å². The van der Waals surface area contributed by atoms with Gasteiger partial charge in [-0.15, -0.1) is 11.3 Å². The minimum atomic E-state index is -0.251. The van der Waals surface area contributed by atoms with Gasteiger partial charge in [-0.3, -0.25) is 9.59 Å². The van der Waals surface area contributed by atoms with Crippen LogP contribution in [0, 0.1) is 6.92 Å². The lowest BCUT2D eigenvalue weighted by Gasteiger charge is -2.23. The summed E-state index contributed by atoms with van der Waals surface area (Å²) < 4.78 is 0. The molecule has 0 saturated carbocycles. The van der Waals surface area contributed by atoms with Gasteiger partial charge in [0.2, 0.25) is 5.91 Å². The zero-order valence-electron chi connectivity index (χ0n) is 17.6. The Balaban J connectivity index is 1.82. The lowest BCUT2D eigenvalue weighted by molar-refractivity contribution is -0.127. The van der Waals surface area contributed by atoms with Crippen molar-refractivity contribution >= 4 is 40.2 Å². The van der Waals surface area contributed by atoms with E-state index in [0.717, 1.165) is 21.7 Å². The molecule has 0 fully saturated rings. The highest BCUT2D eigenvalue weighted by Crippen LogP contribution is 2.30. The largest absolute Gasteiger partial charge is 0.397 e. The number of nitrogens with one attached hydrogen (secondary N) is 1. The number of thiophene rings is 1. The van der Waals surface area contributed by atoms with Gasteiger partial charge in [0.05, 0.1) is 17.9 Å². The van der Waals surface area contributed by atoms with E-state index < -0.39 is 0 Å². The highest BCUT2D eigenvalue weighted by atomic mass is 32.1. The quantitative estimate of drug-likeness (QED) is 0.587. The number of nitrogens with zero attached hydrogens (tertiary/aromatic N) is 2. The Bertz CT molecular complexity index is 1060. The Morgan fingerprint density at radius 2 is 1.83 bits per heavy atom. The molecule has 0 spiro atoms. The first-order chi connectivity index (χ1) is 14.3. The van der Waals surface area contributed by atoms with Crippen LogP contribution in [0.3, 0.4) is 0 Å². The summed E-state index contributed by atoms with van der Waals surface area (Å²) in [4.78, 5) is 29.5. The van der Waals surface area contributed by atoms with Crippen LogP contribution < -0.4 is 16.0 Å². The van der Waals surface area contributed by atoms with Crippen LogP contribution in [0.25, 0.3) is 10.4 Å². The van der Waals surface area contributed by atoms with Gasteiger partial charge in [0, 0.05) is 37.3 Å². The fraction of sp³-hybridized carbons (Fsp3) is 0.217. The first kappa shape index (κ1) is 21.4. The number of amides is 2. The summed E-state index contributed by atoms with van der Waals surface area (Å²) in [6, 6.07) is 15.1. The van der Waals surface area contributed by atoms with Crippen molar-refractivity contribution in [2.24, 2.45) is 0 Å². The molecular formula is C23H26N4O2S.